The molecule has 2 N–H and O–H groups in total. The Morgan fingerprint density at radius 2 is 2.15 bits per heavy atom. The number of rotatable bonds is 5. The minimum Gasteiger partial charge on any atom is -0.496 e. The number of methoxy groups -OCH3 is 1. The van der Waals surface area contributed by atoms with Crippen molar-refractivity contribution in [3.63, 3.8) is 0 Å². The Labute approximate surface area is 121 Å². The number of morpholine rings is 1. The summed E-state index contributed by atoms with van der Waals surface area (Å²) < 4.78 is 11.4. The van der Waals surface area contributed by atoms with Crippen LogP contribution in [0, 0.1) is 0 Å². The summed E-state index contributed by atoms with van der Waals surface area (Å²) >= 11 is 0. The second kappa shape index (κ2) is 6.57. The van der Waals surface area contributed by atoms with Gasteiger partial charge in [0.25, 0.3) is 0 Å². The van der Waals surface area contributed by atoms with E-state index in [1.54, 1.807) is 7.11 Å². The van der Waals surface area contributed by atoms with Crippen LogP contribution in [0.2, 0.25) is 0 Å². The molecule has 0 amide bonds. The lowest BCUT2D eigenvalue weighted by Gasteiger charge is -2.42. The first kappa shape index (κ1) is 15.3. The highest BCUT2D eigenvalue weighted by atomic mass is 16.5. The number of hydrogen-bond acceptors (Lipinski definition) is 4. The Hall–Kier alpha value is -1.10. The predicted molar refractivity (Wildman–Crippen MR) is 81.1 cm³/mol. The number of ether oxygens (including phenoxy) is 2. The van der Waals surface area contributed by atoms with Crippen LogP contribution < -0.4 is 10.5 Å². The van der Waals surface area contributed by atoms with Gasteiger partial charge in [-0.05, 0) is 31.9 Å². The van der Waals surface area contributed by atoms with Gasteiger partial charge in [-0.3, -0.25) is 4.90 Å². The molecule has 1 heterocycles. The molecule has 1 atom stereocenters. The fourth-order valence-corrected chi connectivity index (χ4v) is 2.90. The van der Waals surface area contributed by atoms with Crippen molar-refractivity contribution >= 4 is 0 Å². The van der Waals surface area contributed by atoms with Gasteiger partial charge in [0.05, 0.1) is 18.8 Å². The molecule has 1 unspecified atom stereocenters. The average molecular weight is 278 g/mol. The number of hydrogen-bond donors (Lipinski definition) is 1. The lowest BCUT2D eigenvalue weighted by molar-refractivity contribution is -0.131. The van der Waals surface area contributed by atoms with Gasteiger partial charge in [0.1, 0.15) is 5.75 Å². The summed E-state index contributed by atoms with van der Waals surface area (Å²) in [6.45, 7) is 7.70. The van der Waals surface area contributed by atoms with Gasteiger partial charge >= 0.3 is 0 Å². The van der Waals surface area contributed by atoms with E-state index >= 15 is 0 Å². The minimum absolute atomic E-state index is 0.122. The molecular weight excluding hydrogens is 252 g/mol. The fourth-order valence-electron chi connectivity index (χ4n) is 2.90. The summed E-state index contributed by atoms with van der Waals surface area (Å²) in [6.07, 6.45) is 1.12. The monoisotopic (exact) mass is 278 g/mol. The molecule has 20 heavy (non-hydrogen) atoms. The minimum atomic E-state index is -0.122. The van der Waals surface area contributed by atoms with Crippen LogP contribution in [0.4, 0.5) is 0 Å². The topological polar surface area (TPSA) is 47.7 Å². The molecule has 0 saturated carbocycles. The van der Waals surface area contributed by atoms with Crippen LogP contribution in [-0.2, 0) is 11.2 Å². The van der Waals surface area contributed by atoms with Crippen LogP contribution in [-0.4, -0.2) is 49.9 Å². The summed E-state index contributed by atoms with van der Waals surface area (Å²) in [5.74, 6) is 0.968. The van der Waals surface area contributed by atoms with E-state index in [1.807, 2.05) is 12.1 Å². The van der Waals surface area contributed by atoms with E-state index in [9.17, 15) is 0 Å². The first-order valence-corrected chi connectivity index (χ1v) is 7.26. The largest absolute Gasteiger partial charge is 0.496 e. The Bertz CT molecular complexity index is 434. The Balaban J connectivity index is 1.96. The highest BCUT2D eigenvalue weighted by Crippen LogP contribution is 2.22. The highest BCUT2D eigenvalue weighted by molar-refractivity contribution is 5.33. The number of nitrogens with two attached hydrogens (primary N) is 1. The molecule has 0 aliphatic carbocycles. The molecule has 0 spiro atoms. The Morgan fingerprint density at radius 1 is 1.40 bits per heavy atom. The molecule has 0 aromatic heterocycles. The lowest BCUT2D eigenvalue weighted by Crippen LogP contribution is -2.55. The number of para-hydroxylation sites is 1. The molecule has 112 valence electrons. The molecule has 1 aromatic rings. The normalized spacial score (nSPS) is 22.7. The van der Waals surface area contributed by atoms with E-state index in [1.165, 1.54) is 5.56 Å². The summed E-state index contributed by atoms with van der Waals surface area (Å²) in [7, 11) is 1.72. The smallest absolute Gasteiger partial charge is 0.122 e. The van der Waals surface area contributed by atoms with Crippen molar-refractivity contribution in [2.45, 2.75) is 32.0 Å². The summed E-state index contributed by atoms with van der Waals surface area (Å²) in [5, 5.41) is 0. The average Bonchev–Trinajstić information content (AvgIpc) is 2.43. The molecule has 1 fully saturated rings. The SMILES string of the molecule is COc1ccccc1CCN1CC(CN)OC(C)(C)C1. The highest BCUT2D eigenvalue weighted by Gasteiger charge is 2.32. The Morgan fingerprint density at radius 3 is 2.85 bits per heavy atom. The molecule has 2 rings (SSSR count). The van der Waals surface area contributed by atoms with Crippen LogP contribution >= 0.6 is 0 Å². The van der Waals surface area contributed by atoms with Gasteiger partial charge in [-0.1, -0.05) is 18.2 Å². The maximum atomic E-state index is 5.96. The summed E-state index contributed by atoms with van der Waals surface area (Å²) in [6, 6.07) is 8.21. The van der Waals surface area contributed by atoms with E-state index in [2.05, 4.69) is 30.9 Å². The number of nitrogens with zero attached hydrogens (tertiary/aromatic N) is 1. The summed E-state index contributed by atoms with van der Waals surface area (Å²) in [4.78, 5) is 2.44. The third-order valence-electron chi connectivity index (χ3n) is 3.70. The third kappa shape index (κ3) is 3.95. The quantitative estimate of drug-likeness (QED) is 0.890. The first-order chi connectivity index (χ1) is 9.54. The molecule has 1 aliphatic heterocycles. The van der Waals surface area contributed by atoms with E-state index < -0.39 is 0 Å². The van der Waals surface area contributed by atoms with E-state index in [0.29, 0.717) is 6.54 Å². The molecular formula is C16H26N2O2. The zero-order valence-corrected chi connectivity index (χ0v) is 12.8. The van der Waals surface area contributed by atoms with Crippen molar-refractivity contribution in [1.29, 1.82) is 0 Å². The van der Waals surface area contributed by atoms with Gasteiger partial charge in [-0.25, -0.2) is 0 Å². The Kier molecular flexibility index (Phi) is 5.02. The van der Waals surface area contributed by atoms with Crippen molar-refractivity contribution in [2.24, 2.45) is 5.73 Å². The standard InChI is InChI=1S/C16H26N2O2/c1-16(2)12-18(11-14(10-17)20-16)9-8-13-6-4-5-7-15(13)19-3/h4-7,14H,8-12,17H2,1-3H3. The second-order valence-electron chi connectivity index (χ2n) is 6.03. The van der Waals surface area contributed by atoms with Crippen molar-refractivity contribution < 1.29 is 9.47 Å². The van der Waals surface area contributed by atoms with Gasteiger partial charge in [0, 0.05) is 26.2 Å². The molecule has 0 bridgehead atoms. The van der Waals surface area contributed by atoms with Crippen LogP contribution in [0.25, 0.3) is 0 Å². The van der Waals surface area contributed by atoms with Crippen molar-refractivity contribution in [1.82, 2.24) is 4.90 Å². The molecule has 0 radical (unpaired) electrons. The van der Waals surface area contributed by atoms with E-state index in [-0.39, 0.29) is 11.7 Å². The predicted octanol–water partition coefficient (Wildman–Crippen LogP) is 1.68. The van der Waals surface area contributed by atoms with E-state index in [0.717, 1.165) is 31.8 Å². The van der Waals surface area contributed by atoms with Crippen LogP contribution in [0.5, 0.6) is 5.75 Å². The van der Waals surface area contributed by atoms with Crippen LogP contribution in [0.1, 0.15) is 19.4 Å². The van der Waals surface area contributed by atoms with Gasteiger partial charge in [0.2, 0.25) is 0 Å². The van der Waals surface area contributed by atoms with Crippen molar-refractivity contribution in [3.05, 3.63) is 29.8 Å². The second-order valence-corrected chi connectivity index (χ2v) is 6.03. The van der Waals surface area contributed by atoms with Crippen molar-refractivity contribution in [2.75, 3.05) is 33.3 Å². The van der Waals surface area contributed by atoms with Gasteiger partial charge < -0.3 is 15.2 Å². The lowest BCUT2D eigenvalue weighted by atomic mass is 10.0. The zero-order valence-electron chi connectivity index (χ0n) is 12.8. The van der Waals surface area contributed by atoms with E-state index in [4.69, 9.17) is 15.2 Å². The van der Waals surface area contributed by atoms with Crippen LogP contribution in [0.15, 0.2) is 24.3 Å². The number of benzene rings is 1. The summed E-state index contributed by atoms with van der Waals surface area (Å²) in [5.41, 5.74) is 6.90. The molecule has 4 nitrogen and oxygen atoms in total. The van der Waals surface area contributed by atoms with Gasteiger partial charge in [-0.2, -0.15) is 0 Å². The van der Waals surface area contributed by atoms with Crippen LogP contribution in [0.3, 0.4) is 0 Å². The molecule has 1 aromatic carbocycles. The molecule has 1 saturated heterocycles. The third-order valence-corrected chi connectivity index (χ3v) is 3.70. The zero-order chi connectivity index (χ0) is 14.6. The maximum Gasteiger partial charge on any atom is 0.122 e. The molecule has 1 aliphatic rings. The van der Waals surface area contributed by atoms with Crippen molar-refractivity contribution in [3.8, 4) is 5.75 Å². The maximum absolute atomic E-state index is 5.96. The van der Waals surface area contributed by atoms with Gasteiger partial charge in [0.15, 0.2) is 0 Å². The fraction of sp³-hybridized carbons (Fsp3) is 0.625. The van der Waals surface area contributed by atoms with Gasteiger partial charge in [-0.15, -0.1) is 0 Å². The molecule has 4 heteroatoms. The first-order valence-electron chi connectivity index (χ1n) is 7.26.